The van der Waals surface area contributed by atoms with Crippen molar-refractivity contribution in [3.05, 3.63) is 70.3 Å². The smallest absolute Gasteiger partial charge is 0.338 e. The van der Waals surface area contributed by atoms with Crippen LogP contribution in [-0.4, -0.2) is 12.6 Å². The molecule has 0 aliphatic heterocycles. The number of unbranched alkanes of at least 4 members (excludes halogenated alkanes) is 2. The van der Waals surface area contributed by atoms with Crippen molar-refractivity contribution in [2.45, 2.75) is 39.0 Å². The van der Waals surface area contributed by atoms with Gasteiger partial charge in [-0.3, -0.25) is 0 Å². The van der Waals surface area contributed by atoms with E-state index in [0.717, 1.165) is 6.42 Å². The van der Waals surface area contributed by atoms with Crippen molar-refractivity contribution in [2.24, 2.45) is 0 Å². The van der Waals surface area contributed by atoms with Crippen LogP contribution >= 0.6 is 0 Å². The minimum atomic E-state index is -1.42. The van der Waals surface area contributed by atoms with Crippen LogP contribution in [0.2, 0.25) is 0 Å². The van der Waals surface area contributed by atoms with E-state index >= 15 is 0 Å². The van der Waals surface area contributed by atoms with E-state index in [9.17, 15) is 22.4 Å². The first-order valence-corrected chi connectivity index (χ1v) is 8.53. The fraction of sp³-hybridized carbons (Fsp3) is 0.350. The molecule has 2 rings (SSSR count). The van der Waals surface area contributed by atoms with Gasteiger partial charge in [-0.15, -0.1) is 0 Å². The molecular formula is C20H20F4O2. The number of carbonyl (C=O) groups excluding carboxylic acids is 1. The molecule has 0 aromatic heterocycles. The first-order chi connectivity index (χ1) is 12.5. The van der Waals surface area contributed by atoms with Crippen LogP contribution in [0.15, 0.2) is 30.3 Å². The van der Waals surface area contributed by atoms with Crippen LogP contribution < -0.4 is 0 Å². The zero-order valence-corrected chi connectivity index (χ0v) is 14.5. The number of ether oxygens (including phenoxy) is 1. The van der Waals surface area contributed by atoms with E-state index in [-0.39, 0.29) is 12.0 Å². The average molecular weight is 368 g/mol. The Morgan fingerprint density at radius 3 is 1.92 bits per heavy atom. The molecule has 0 bridgehead atoms. The number of carbonyl (C=O) groups is 1. The highest BCUT2D eigenvalue weighted by molar-refractivity contribution is 5.89. The third-order valence-corrected chi connectivity index (χ3v) is 4.07. The molecule has 0 saturated heterocycles. The van der Waals surface area contributed by atoms with Gasteiger partial charge in [-0.25, -0.2) is 22.4 Å². The second-order valence-corrected chi connectivity index (χ2v) is 5.92. The summed E-state index contributed by atoms with van der Waals surface area (Å²) < 4.78 is 61.4. The van der Waals surface area contributed by atoms with Crippen LogP contribution in [-0.2, 0) is 17.6 Å². The standard InChI is InChI=1S/C20H20F4O2/c1-2-3-5-10-14-16(21)18(23)15(19(24)17(14)22)11-12-26-20(25)13-8-6-4-7-9-13/h4,6-9H,2-3,5,10-12H2,1H3. The third-order valence-electron chi connectivity index (χ3n) is 4.07. The van der Waals surface area contributed by atoms with Crippen LogP contribution in [0.5, 0.6) is 0 Å². The molecule has 26 heavy (non-hydrogen) atoms. The topological polar surface area (TPSA) is 26.3 Å². The molecule has 0 radical (unpaired) electrons. The minimum Gasteiger partial charge on any atom is -0.462 e. The average Bonchev–Trinajstić information content (AvgIpc) is 2.66. The lowest BCUT2D eigenvalue weighted by Gasteiger charge is -2.12. The SMILES string of the molecule is CCCCCc1c(F)c(F)c(CCOC(=O)c2ccccc2)c(F)c1F. The molecule has 0 fully saturated rings. The molecule has 0 unspecified atom stereocenters. The first kappa shape index (κ1) is 19.9. The Balaban J connectivity index is 2.08. The van der Waals surface area contributed by atoms with E-state index in [2.05, 4.69) is 0 Å². The lowest BCUT2D eigenvalue weighted by atomic mass is 10.0. The van der Waals surface area contributed by atoms with E-state index in [1.165, 1.54) is 12.1 Å². The molecule has 0 N–H and O–H groups in total. The number of hydrogen-bond acceptors (Lipinski definition) is 2. The molecule has 0 aliphatic rings. The van der Waals surface area contributed by atoms with Gasteiger partial charge in [-0.2, -0.15) is 0 Å². The third kappa shape index (κ3) is 4.62. The summed E-state index contributed by atoms with van der Waals surface area (Å²) >= 11 is 0. The van der Waals surface area contributed by atoms with Gasteiger partial charge in [0.1, 0.15) is 0 Å². The van der Waals surface area contributed by atoms with Gasteiger partial charge in [0.25, 0.3) is 0 Å². The molecule has 2 aromatic carbocycles. The summed E-state index contributed by atoms with van der Waals surface area (Å²) in [5.41, 5.74) is -1.05. The fourth-order valence-corrected chi connectivity index (χ4v) is 2.62. The second-order valence-electron chi connectivity index (χ2n) is 5.92. The number of halogens is 4. The maximum Gasteiger partial charge on any atom is 0.338 e. The number of rotatable bonds is 8. The molecule has 0 amide bonds. The quantitative estimate of drug-likeness (QED) is 0.271. The van der Waals surface area contributed by atoms with Gasteiger partial charge in [0.05, 0.1) is 12.2 Å². The lowest BCUT2D eigenvalue weighted by molar-refractivity contribution is 0.0507. The van der Waals surface area contributed by atoms with Gasteiger partial charge < -0.3 is 4.74 Å². The Bertz CT molecular complexity index is 731. The summed E-state index contributed by atoms with van der Waals surface area (Å²) in [4.78, 5) is 11.8. The Morgan fingerprint density at radius 2 is 1.38 bits per heavy atom. The predicted molar refractivity (Wildman–Crippen MR) is 89.9 cm³/mol. The molecule has 0 atom stereocenters. The highest BCUT2D eigenvalue weighted by Gasteiger charge is 2.25. The number of esters is 1. The summed E-state index contributed by atoms with van der Waals surface area (Å²) in [7, 11) is 0. The molecule has 0 spiro atoms. The zero-order valence-electron chi connectivity index (χ0n) is 14.5. The van der Waals surface area contributed by atoms with Crippen LogP contribution in [0.25, 0.3) is 0 Å². The van der Waals surface area contributed by atoms with Gasteiger partial charge in [0.2, 0.25) is 0 Å². The van der Waals surface area contributed by atoms with Crippen molar-refractivity contribution in [3.63, 3.8) is 0 Å². The Morgan fingerprint density at radius 1 is 0.846 bits per heavy atom. The van der Waals surface area contributed by atoms with Crippen LogP contribution in [0, 0.1) is 23.3 Å². The molecule has 2 aromatic rings. The van der Waals surface area contributed by atoms with Gasteiger partial charge in [-0.05, 0) is 25.0 Å². The molecule has 0 aliphatic carbocycles. The van der Waals surface area contributed by atoms with Crippen molar-refractivity contribution in [1.29, 1.82) is 0 Å². The highest BCUT2D eigenvalue weighted by Crippen LogP contribution is 2.26. The Labute approximate surface area is 149 Å². The number of hydrogen-bond donors (Lipinski definition) is 0. The van der Waals surface area contributed by atoms with Crippen molar-refractivity contribution in [3.8, 4) is 0 Å². The van der Waals surface area contributed by atoms with Gasteiger partial charge in [0.15, 0.2) is 23.3 Å². The van der Waals surface area contributed by atoms with E-state index in [0.29, 0.717) is 12.8 Å². The van der Waals surface area contributed by atoms with Gasteiger partial charge in [0, 0.05) is 17.5 Å². The predicted octanol–water partition coefficient (Wildman–Crippen LogP) is 5.38. The molecular weight excluding hydrogens is 348 g/mol. The fourth-order valence-electron chi connectivity index (χ4n) is 2.62. The van der Waals surface area contributed by atoms with E-state index in [1.807, 2.05) is 6.92 Å². The van der Waals surface area contributed by atoms with Crippen LogP contribution in [0.4, 0.5) is 17.6 Å². The Hall–Kier alpha value is -2.37. The molecule has 140 valence electrons. The summed E-state index contributed by atoms with van der Waals surface area (Å²) in [6.07, 6.45) is 1.44. The minimum absolute atomic E-state index is 0.0668. The largest absolute Gasteiger partial charge is 0.462 e. The van der Waals surface area contributed by atoms with Crippen molar-refractivity contribution >= 4 is 5.97 Å². The normalized spacial score (nSPS) is 10.8. The zero-order chi connectivity index (χ0) is 19.1. The van der Waals surface area contributed by atoms with E-state index in [1.54, 1.807) is 18.2 Å². The van der Waals surface area contributed by atoms with E-state index < -0.39 is 53.4 Å². The Kier molecular flexibility index (Phi) is 7.18. The molecule has 6 heteroatoms. The molecule has 0 heterocycles. The van der Waals surface area contributed by atoms with Gasteiger partial charge >= 0.3 is 5.97 Å². The number of benzene rings is 2. The summed E-state index contributed by atoms with van der Waals surface area (Å²) in [5, 5.41) is 0. The first-order valence-electron chi connectivity index (χ1n) is 8.53. The van der Waals surface area contributed by atoms with Crippen LogP contribution in [0.1, 0.15) is 47.7 Å². The highest BCUT2D eigenvalue weighted by atomic mass is 19.2. The van der Waals surface area contributed by atoms with Crippen molar-refractivity contribution < 1.29 is 27.1 Å². The maximum absolute atomic E-state index is 14.1. The summed E-state index contributed by atoms with van der Waals surface area (Å²) in [6.45, 7) is 1.52. The second kappa shape index (κ2) is 9.36. The lowest BCUT2D eigenvalue weighted by Crippen LogP contribution is -2.13. The van der Waals surface area contributed by atoms with E-state index in [4.69, 9.17) is 4.74 Å². The summed E-state index contributed by atoms with van der Waals surface area (Å²) in [5.74, 6) is -6.27. The molecule has 2 nitrogen and oxygen atoms in total. The van der Waals surface area contributed by atoms with Crippen LogP contribution in [0.3, 0.4) is 0 Å². The summed E-state index contributed by atoms with van der Waals surface area (Å²) in [6, 6.07) is 8.03. The molecule has 0 saturated carbocycles. The van der Waals surface area contributed by atoms with Crippen molar-refractivity contribution in [1.82, 2.24) is 0 Å². The maximum atomic E-state index is 14.1. The monoisotopic (exact) mass is 368 g/mol. The van der Waals surface area contributed by atoms with Gasteiger partial charge in [-0.1, -0.05) is 38.0 Å². The van der Waals surface area contributed by atoms with Crippen molar-refractivity contribution in [2.75, 3.05) is 6.61 Å².